The lowest BCUT2D eigenvalue weighted by atomic mass is 10.1. The Bertz CT molecular complexity index is 505. The van der Waals surface area contributed by atoms with E-state index in [-0.39, 0.29) is 6.10 Å². The van der Waals surface area contributed by atoms with Crippen LogP contribution in [0.4, 0.5) is 0 Å². The molecule has 0 fully saturated rings. The third-order valence-corrected chi connectivity index (χ3v) is 2.52. The Balaban J connectivity index is 2.30. The van der Waals surface area contributed by atoms with Crippen LogP contribution in [-0.2, 0) is 6.54 Å². The van der Waals surface area contributed by atoms with Gasteiger partial charge >= 0.3 is 0 Å². The summed E-state index contributed by atoms with van der Waals surface area (Å²) in [6.07, 6.45) is 0.155. The summed E-state index contributed by atoms with van der Waals surface area (Å²) in [5, 5.41) is 10.4. The molecule has 0 spiro atoms. The van der Waals surface area contributed by atoms with Crippen LogP contribution >= 0.6 is 0 Å². The van der Waals surface area contributed by atoms with E-state index >= 15 is 0 Å². The summed E-state index contributed by atoms with van der Waals surface area (Å²) in [4.78, 5) is 0. The molecule has 2 rings (SSSR count). The number of hydrogen-bond donors (Lipinski definition) is 2. The molecule has 0 aliphatic rings. The van der Waals surface area contributed by atoms with Crippen molar-refractivity contribution < 1.29 is 4.74 Å². The quantitative estimate of drug-likeness (QED) is 0.851. The fourth-order valence-corrected chi connectivity index (χ4v) is 1.82. The van der Waals surface area contributed by atoms with Gasteiger partial charge in [-0.25, -0.2) is 0 Å². The molecule has 96 valence electrons. The Hall–Kier alpha value is -1.81. The van der Waals surface area contributed by atoms with Crippen LogP contribution in [0.15, 0.2) is 30.3 Å². The maximum atomic E-state index is 5.80. The average Bonchev–Trinajstić information content (AvgIpc) is 2.78. The van der Waals surface area contributed by atoms with Crippen LogP contribution in [0, 0.1) is 0 Å². The lowest BCUT2D eigenvalue weighted by Crippen LogP contribution is -2.06. The highest BCUT2D eigenvalue weighted by Gasteiger charge is 2.10. The largest absolute Gasteiger partial charge is 0.490 e. The van der Waals surface area contributed by atoms with Gasteiger partial charge in [0.2, 0.25) is 0 Å². The minimum Gasteiger partial charge on any atom is -0.490 e. The first-order chi connectivity index (χ1) is 8.70. The van der Waals surface area contributed by atoms with Crippen LogP contribution in [0.5, 0.6) is 5.75 Å². The van der Waals surface area contributed by atoms with Crippen LogP contribution in [0.2, 0.25) is 0 Å². The summed E-state index contributed by atoms with van der Waals surface area (Å²) >= 11 is 0. The van der Waals surface area contributed by atoms with E-state index in [4.69, 9.17) is 4.74 Å². The van der Waals surface area contributed by atoms with Crippen molar-refractivity contribution in [1.29, 1.82) is 0 Å². The molecule has 0 radical (unpaired) electrons. The number of hydrogen-bond acceptors (Lipinski definition) is 3. The van der Waals surface area contributed by atoms with Crippen molar-refractivity contribution in [1.82, 2.24) is 15.5 Å². The molecule has 4 nitrogen and oxygen atoms in total. The SMILES string of the molecule is CNCc1cc(-c2ccccc2OC(C)C)n[nH]1. The highest BCUT2D eigenvalue weighted by molar-refractivity contribution is 5.67. The summed E-state index contributed by atoms with van der Waals surface area (Å²) in [7, 11) is 1.91. The molecule has 2 N–H and O–H groups in total. The maximum absolute atomic E-state index is 5.80. The van der Waals surface area contributed by atoms with Gasteiger partial charge in [0.1, 0.15) is 5.75 Å². The number of para-hydroxylation sites is 1. The molecule has 0 saturated carbocycles. The first kappa shape index (κ1) is 12.6. The van der Waals surface area contributed by atoms with E-state index in [1.165, 1.54) is 0 Å². The molecule has 1 aromatic heterocycles. The number of nitrogens with zero attached hydrogens (tertiary/aromatic N) is 1. The fraction of sp³-hybridized carbons (Fsp3) is 0.357. The van der Waals surface area contributed by atoms with Gasteiger partial charge in [0, 0.05) is 17.8 Å². The summed E-state index contributed by atoms with van der Waals surface area (Å²) in [6, 6.07) is 10.0. The second-order valence-corrected chi connectivity index (χ2v) is 4.47. The molecular formula is C14H19N3O. The number of aromatic nitrogens is 2. The first-order valence-electron chi connectivity index (χ1n) is 6.15. The number of ether oxygens (including phenoxy) is 1. The maximum Gasteiger partial charge on any atom is 0.129 e. The Morgan fingerprint density at radius 1 is 1.33 bits per heavy atom. The van der Waals surface area contributed by atoms with E-state index in [9.17, 15) is 0 Å². The van der Waals surface area contributed by atoms with Crippen LogP contribution in [-0.4, -0.2) is 23.3 Å². The highest BCUT2D eigenvalue weighted by Crippen LogP contribution is 2.29. The van der Waals surface area contributed by atoms with Crippen LogP contribution in [0.3, 0.4) is 0 Å². The first-order valence-corrected chi connectivity index (χ1v) is 6.15. The van der Waals surface area contributed by atoms with Crippen LogP contribution in [0.25, 0.3) is 11.3 Å². The van der Waals surface area contributed by atoms with Gasteiger partial charge in [-0.1, -0.05) is 12.1 Å². The van der Waals surface area contributed by atoms with E-state index in [1.54, 1.807) is 0 Å². The molecule has 0 aliphatic carbocycles. The summed E-state index contributed by atoms with van der Waals surface area (Å²) in [5.74, 6) is 0.870. The number of rotatable bonds is 5. The van der Waals surface area contributed by atoms with Crippen molar-refractivity contribution in [2.75, 3.05) is 7.05 Å². The van der Waals surface area contributed by atoms with Crippen LogP contribution in [0.1, 0.15) is 19.5 Å². The molecule has 0 atom stereocenters. The molecule has 0 aliphatic heterocycles. The minimum atomic E-state index is 0.155. The van der Waals surface area contributed by atoms with Gasteiger partial charge in [0.05, 0.1) is 11.8 Å². The monoisotopic (exact) mass is 245 g/mol. The molecule has 18 heavy (non-hydrogen) atoms. The summed E-state index contributed by atoms with van der Waals surface area (Å²) in [6.45, 7) is 4.82. The Kier molecular flexibility index (Phi) is 3.99. The number of aromatic amines is 1. The second kappa shape index (κ2) is 5.69. The fourth-order valence-electron chi connectivity index (χ4n) is 1.82. The normalized spacial score (nSPS) is 10.9. The Labute approximate surface area is 107 Å². The zero-order valence-corrected chi connectivity index (χ0v) is 11.0. The van der Waals surface area contributed by atoms with E-state index in [0.29, 0.717) is 0 Å². The van der Waals surface area contributed by atoms with Crippen molar-refractivity contribution in [2.45, 2.75) is 26.5 Å². The molecule has 0 bridgehead atoms. The summed E-state index contributed by atoms with van der Waals surface area (Å²) in [5.41, 5.74) is 2.99. The molecule has 4 heteroatoms. The third-order valence-electron chi connectivity index (χ3n) is 2.52. The molecule has 0 saturated heterocycles. The predicted molar refractivity (Wildman–Crippen MR) is 72.6 cm³/mol. The van der Waals surface area contributed by atoms with E-state index in [0.717, 1.165) is 29.2 Å². The molecule has 0 amide bonds. The molecule has 1 heterocycles. The molecule has 2 aromatic rings. The third kappa shape index (κ3) is 2.90. The average molecular weight is 245 g/mol. The van der Waals surface area contributed by atoms with Crippen molar-refractivity contribution in [3.8, 4) is 17.0 Å². The lowest BCUT2D eigenvalue weighted by Gasteiger charge is -2.12. The van der Waals surface area contributed by atoms with E-state index in [1.807, 2.05) is 51.2 Å². The van der Waals surface area contributed by atoms with Crippen molar-refractivity contribution >= 4 is 0 Å². The van der Waals surface area contributed by atoms with Gasteiger partial charge in [-0.15, -0.1) is 0 Å². The van der Waals surface area contributed by atoms with E-state index < -0.39 is 0 Å². The zero-order valence-electron chi connectivity index (χ0n) is 11.0. The van der Waals surface area contributed by atoms with Gasteiger partial charge in [-0.2, -0.15) is 5.10 Å². The Morgan fingerprint density at radius 2 is 2.11 bits per heavy atom. The zero-order chi connectivity index (χ0) is 13.0. The number of H-pyrrole nitrogens is 1. The minimum absolute atomic E-state index is 0.155. The van der Waals surface area contributed by atoms with Crippen molar-refractivity contribution in [2.24, 2.45) is 0 Å². The van der Waals surface area contributed by atoms with Crippen LogP contribution < -0.4 is 10.1 Å². The smallest absolute Gasteiger partial charge is 0.129 e. The lowest BCUT2D eigenvalue weighted by molar-refractivity contribution is 0.243. The molecule has 1 aromatic carbocycles. The van der Waals surface area contributed by atoms with Gasteiger partial charge in [0.15, 0.2) is 0 Å². The predicted octanol–water partition coefficient (Wildman–Crippen LogP) is 2.58. The second-order valence-electron chi connectivity index (χ2n) is 4.47. The topological polar surface area (TPSA) is 49.9 Å². The molecular weight excluding hydrogens is 226 g/mol. The van der Waals surface area contributed by atoms with Gasteiger partial charge < -0.3 is 10.1 Å². The van der Waals surface area contributed by atoms with Gasteiger partial charge in [0.25, 0.3) is 0 Å². The van der Waals surface area contributed by atoms with Gasteiger partial charge in [-0.3, -0.25) is 5.10 Å². The van der Waals surface area contributed by atoms with Crippen molar-refractivity contribution in [3.63, 3.8) is 0 Å². The van der Waals surface area contributed by atoms with Gasteiger partial charge in [-0.05, 0) is 39.1 Å². The van der Waals surface area contributed by atoms with E-state index in [2.05, 4.69) is 15.5 Å². The van der Waals surface area contributed by atoms with Crippen molar-refractivity contribution in [3.05, 3.63) is 36.0 Å². The summed E-state index contributed by atoms with van der Waals surface area (Å²) < 4.78 is 5.80. The number of benzene rings is 1. The highest BCUT2D eigenvalue weighted by atomic mass is 16.5. The molecule has 0 unspecified atom stereocenters. The standard InChI is InChI=1S/C14H19N3O/c1-10(2)18-14-7-5-4-6-12(14)13-8-11(9-15-3)16-17-13/h4-8,10,15H,9H2,1-3H3,(H,16,17). The number of nitrogens with one attached hydrogen (secondary N) is 2. The Morgan fingerprint density at radius 3 is 2.83 bits per heavy atom.